The van der Waals surface area contributed by atoms with Gasteiger partial charge in [-0.25, -0.2) is 8.42 Å². The van der Waals surface area contributed by atoms with E-state index >= 15 is 0 Å². The Morgan fingerprint density at radius 3 is 2.40 bits per heavy atom. The molecular formula is C13H25N3O3S. The van der Waals surface area contributed by atoms with Crippen LogP contribution < -0.4 is 5.32 Å². The van der Waals surface area contributed by atoms with Gasteiger partial charge in [-0.1, -0.05) is 6.92 Å². The van der Waals surface area contributed by atoms with Gasteiger partial charge in [-0.2, -0.15) is 4.31 Å². The molecule has 20 heavy (non-hydrogen) atoms. The fourth-order valence-electron chi connectivity index (χ4n) is 2.43. The third-order valence-electron chi connectivity index (χ3n) is 3.80. The van der Waals surface area contributed by atoms with Crippen molar-refractivity contribution in [3.05, 3.63) is 0 Å². The molecule has 116 valence electrons. The van der Waals surface area contributed by atoms with Crippen LogP contribution in [-0.4, -0.2) is 68.0 Å². The van der Waals surface area contributed by atoms with Crippen molar-refractivity contribution in [1.82, 2.24) is 14.5 Å². The molecule has 1 aliphatic carbocycles. The Morgan fingerprint density at radius 2 is 1.85 bits per heavy atom. The van der Waals surface area contributed by atoms with Gasteiger partial charge in [0.05, 0.1) is 5.75 Å². The first kappa shape index (κ1) is 15.7. The average Bonchev–Trinajstić information content (AvgIpc) is 3.23. The molecule has 7 heteroatoms. The zero-order valence-corrected chi connectivity index (χ0v) is 13.0. The van der Waals surface area contributed by atoms with Crippen molar-refractivity contribution < 1.29 is 13.2 Å². The van der Waals surface area contributed by atoms with Crippen molar-refractivity contribution in [2.45, 2.75) is 38.6 Å². The van der Waals surface area contributed by atoms with Gasteiger partial charge in [-0.15, -0.1) is 0 Å². The molecule has 1 amide bonds. The molecule has 0 atom stereocenters. The first-order valence-electron chi connectivity index (χ1n) is 7.52. The predicted octanol–water partition coefficient (Wildman–Crippen LogP) is 0.0125. The highest BCUT2D eigenvalue weighted by molar-refractivity contribution is 7.89. The van der Waals surface area contributed by atoms with Crippen LogP contribution in [0.15, 0.2) is 0 Å². The largest absolute Gasteiger partial charge is 0.340 e. The second kappa shape index (κ2) is 6.87. The Bertz CT molecular complexity index is 426. The highest BCUT2D eigenvalue weighted by atomic mass is 32.2. The zero-order valence-electron chi connectivity index (χ0n) is 12.2. The van der Waals surface area contributed by atoms with Crippen LogP contribution in [0.2, 0.25) is 0 Å². The molecule has 0 aromatic rings. The Kier molecular flexibility index (Phi) is 5.40. The number of amides is 1. The molecule has 1 saturated carbocycles. The molecule has 0 radical (unpaired) electrons. The van der Waals surface area contributed by atoms with Crippen molar-refractivity contribution in [2.75, 3.05) is 38.5 Å². The third-order valence-corrected chi connectivity index (χ3v) is 5.87. The summed E-state index contributed by atoms with van der Waals surface area (Å²) in [6, 6.07) is 0.624. The predicted molar refractivity (Wildman–Crippen MR) is 77.9 cm³/mol. The maximum atomic E-state index is 12.0. The normalized spacial score (nSPS) is 21.1. The molecule has 2 rings (SSSR count). The minimum absolute atomic E-state index is 0.130. The van der Waals surface area contributed by atoms with E-state index in [2.05, 4.69) is 5.32 Å². The molecule has 2 aliphatic rings. The lowest BCUT2D eigenvalue weighted by Gasteiger charge is -2.34. The van der Waals surface area contributed by atoms with Crippen LogP contribution in [0.4, 0.5) is 0 Å². The van der Waals surface area contributed by atoms with E-state index in [1.54, 1.807) is 4.90 Å². The van der Waals surface area contributed by atoms with E-state index in [0.717, 1.165) is 6.54 Å². The van der Waals surface area contributed by atoms with Crippen LogP contribution in [0.3, 0.4) is 0 Å². The fourth-order valence-corrected chi connectivity index (χ4v) is 3.93. The topological polar surface area (TPSA) is 69.7 Å². The highest BCUT2D eigenvalue weighted by Gasteiger charge is 2.28. The standard InChI is InChI=1S/C13H25N3O3S/c1-2-11-20(18,19)16-9-7-15(8-10-16)13(17)5-6-14-12-3-4-12/h12,14H,2-11H2,1H3. The fraction of sp³-hybridized carbons (Fsp3) is 0.923. The highest BCUT2D eigenvalue weighted by Crippen LogP contribution is 2.18. The smallest absolute Gasteiger partial charge is 0.223 e. The van der Waals surface area contributed by atoms with E-state index < -0.39 is 10.0 Å². The second-order valence-corrected chi connectivity index (χ2v) is 7.66. The minimum Gasteiger partial charge on any atom is -0.340 e. The molecule has 1 heterocycles. The first-order valence-corrected chi connectivity index (χ1v) is 9.13. The average molecular weight is 303 g/mol. The number of hydrogen-bond acceptors (Lipinski definition) is 4. The van der Waals surface area contributed by atoms with E-state index in [0.29, 0.717) is 45.1 Å². The van der Waals surface area contributed by atoms with Crippen LogP contribution in [0.25, 0.3) is 0 Å². The lowest BCUT2D eigenvalue weighted by atomic mass is 10.3. The van der Waals surface area contributed by atoms with Gasteiger partial charge < -0.3 is 10.2 Å². The van der Waals surface area contributed by atoms with Crippen LogP contribution in [0.1, 0.15) is 32.6 Å². The molecule has 0 bridgehead atoms. The summed E-state index contributed by atoms with van der Waals surface area (Å²) in [6.07, 6.45) is 3.59. The van der Waals surface area contributed by atoms with Crippen LogP contribution in [-0.2, 0) is 14.8 Å². The van der Waals surface area contributed by atoms with Gasteiger partial charge in [0.15, 0.2) is 0 Å². The maximum absolute atomic E-state index is 12.0. The minimum atomic E-state index is -3.12. The quantitative estimate of drug-likeness (QED) is 0.719. The van der Waals surface area contributed by atoms with Crippen LogP contribution in [0.5, 0.6) is 0 Å². The van der Waals surface area contributed by atoms with Crippen molar-refractivity contribution >= 4 is 15.9 Å². The summed E-state index contributed by atoms with van der Waals surface area (Å²) in [6.45, 7) is 4.51. The third kappa shape index (κ3) is 4.43. The summed E-state index contributed by atoms with van der Waals surface area (Å²) < 4.78 is 25.4. The molecule has 0 aromatic heterocycles. The SMILES string of the molecule is CCCS(=O)(=O)N1CCN(C(=O)CCNC2CC2)CC1. The van der Waals surface area contributed by atoms with Gasteiger partial charge in [0, 0.05) is 45.2 Å². The maximum Gasteiger partial charge on any atom is 0.223 e. The number of carbonyl (C=O) groups is 1. The van der Waals surface area contributed by atoms with E-state index in [1.807, 2.05) is 6.92 Å². The summed E-state index contributed by atoms with van der Waals surface area (Å²) in [5.41, 5.74) is 0. The van der Waals surface area contributed by atoms with Gasteiger partial charge in [-0.05, 0) is 19.3 Å². The van der Waals surface area contributed by atoms with Gasteiger partial charge in [0.2, 0.25) is 15.9 Å². The summed E-state index contributed by atoms with van der Waals surface area (Å²) in [4.78, 5) is 13.8. The van der Waals surface area contributed by atoms with E-state index in [9.17, 15) is 13.2 Å². The summed E-state index contributed by atoms with van der Waals surface area (Å²) >= 11 is 0. The molecular weight excluding hydrogens is 278 g/mol. The van der Waals surface area contributed by atoms with Crippen LogP contribution in [0, 0.1) is 0 Å². The van der Waals surface area contributed by atoms with Crippen molar-refractivity contribution in [1.29, 1.82) is 0 Å². The first-order chi connectivity index (χ1) is 9.53. The Balaban J connectivity index is 1.71. The van der Waals surface area contributed by atoms with Crippen LogP contribution >= 0.6 is 0 Å². The molecule has 2 fully saturated rings. The summed E-state index contributed by atoms with van der Waals surface area (Å²) in [7, 11) is -3.12. The van der Waals surface area contributed by atoms with Gasteiger partial charge in [0.25, 0.3) is 0 Å². The number of sulfonamides is 1. The molecule has 1 saturated heterocycles. The van der Waals surface area contributed by atoms with Crippen molar-refractivity contribution in [3.8, 4) is 0 Å². The van der Waals surface area contributed by atoms with E-state index in [4.69, 9.17) is 0 Å². The molecule has 1 N–H and O–H groups in total. The molecule has 0 spiro atoms. The monoisotopic (exact) mass is 303 g/mol. The number of nitrogens with zero attached hydrogens (tertiary/aromatic N) is 2. The summed E-state index contributed by atoms with van der Waals surface area (Å²) in [5, 5.41) is 3.32. The van der Waals surface area contributed by atoms with E-state index in [-0.39, 0.29) is 11.7 Å². The number of piperazine rings is 1. The van der Waals surface area contributed by atoms with Gasteiger partial charge in [-0.3, -0.25) is 4.79 Å². The molecule has 0 aromatic carbocycles. The van der Waals surface area contributed by atoms with Gasteiger partial charge in [0.1, 0.15) is 0 Å². The number of carbonyl (C=O) groups excluding carboxylic acids is 1. The van der Waals surface area contributed by atoms with Crippen molar-refractivity contribution in [3.63, 3.8) is 0 Å². The second-order valence-electron chi connectivity index (χ2n) is 5.57. The number of nitrogens with one attached hydrogen (secondary N) is 1. The molecule has 1 aliphatic heterocycles. The summed E-state index contributed by atoms with van der Waals surface area (Å²) in [5.74, 6) is 0.331. The lowest BCUT2D eigenvalue weighted by molar-refractivity contribution is -0.132. The number of hydrogen-bond donors (Lipinski definition) is 1. The Hall–Kier alpha value is -0.660. The van der Waals surface area contributed by atoms with Crippen molar-refractivity contribution in [2.24, 2.45) is 0 Å². The zero-order chi connectivity index (χ0) is 14.6. The van der Waals surface area contributed by atoms with E-state index in [1.165, 1.54) is 17.1 Å². The molecule has 6 nitrogen and oxygen atoms in total. The Labute approximate surface area is 121 Å². The number of rotatable bonds is 7. The Morgan fingerprint density at radius 1 is 1.20 bits per heavy atom. The van der Waals surface area contributed by atoms with Gasteiger partial charge >= 0.3 is 0 Å². The molecule has 0 unspecified atom stereocenters. The lowest BCUT2D eigenvalue weighted by Crippen LogP contribution is -2.51.